The zero-order valence-corrected chi connectivity index (χ0v) is 18.1. The van der Waals surface area contributed by atoms with Crippen LogP contribution in [0.2, 0.25) is 0 Å². The van der Waals surface area contributed by atoms with Crippen molar-refractivity contribution in [1.29, 1.82) is 0 Å². The summed E-state index contributed by atoms with van der Waals surface area (Å²) in [5, 5.41) is 8.02. The summed E-state index contributed by atoms with van der Waals surface area (Å²) in [7, 11) is 3.86. The highest BCUT2D eigenvalue weighted by atomic mass is 127. The number of likely N-dealkylation sites (tertiary alicyclic amines) is 1. The van der Waals surface area contributed by atoms with Crippen LogP contribution in [0.15, 0.2) is 4.99 Å². The molecular formula is C17H31IN6O. The van der Waals surface area contributed by atoms with Gasteiger partial charge in [-0.05, 0) is 20.3 Å². The molecule has 0 amide bonds. The molecule has 0 bridgehead atoms. The fourth-order valence-electron chi connectivity index (χ4n) is 3.75. The number of nitrogens with zero attached hydrogens (tertiary/aromatic N) is 5. The first-order chi connectivity index (χ1) is 11.6. The zero-order valence-electron chi connectivity index (χ0n) is 15.8. The summed E-state index contributed by atoms with van der Waals surface area (Å²) in [4.78, 5) is 9.43. The third-order valence-corrected chi connectivity index (χ3v) is 5.32. The Morgan fingerprint density at radius 2 is 2.00 bits per heavy atom. The number of hydrogen-bond donors (Lipinski definition) is 1. The number of halogens is 1. The van der Waals surface area contributed by atoms with Crippen LogP contribution in [0.3, 0.4) is 0 Å². The van der Waals surface area contributed by atoms with Crippen LogP contribution in [-0.2, 0) is 18.3 Å². The normalized spacial score (nSPS) is 22.2. The molecule has 1 aromatic heterocycles. The quantitative estimate of drug-likeness (QED) is 0.415. The minimum atomic E-state index is 0. The number of aliphatic imine (C=N–C) groups is 1. The van der Waals surface area contributed by atoms with Crippen LogP contribution in [-0.4, -0.2) is 78.0 Å². The van der Waals surface area contributed by atoms with Crippen LogP contribution in [0.4, 0.5) is 0 Å². The first kappa shape index (κ1) is 20.4. The summed E-state index contributed by atoms with van der Waals surface area (Å²) < 4.78 is 7.41. The minimum absolute atomic E-state index is 0. The first-order valence-corrected chi connectivity index (χ1v) is 8.86. The van der Waals surface area contributed by atoms with Gasteiger partial charge in [0.05, 0.1) is 18.9 Å². The van der Waals surface area contributed by atoms with Crippen molar-refractivity contribution in [2.24, 2.45) is 12.0 Å². The van der Waals surface area contributed by atoms with E-state index in [0.717, 1.165) is 57.6 Å². The van der Waals surface area contributed by atoms with Crippen molar-refractivity contribution in [3.05, 3.63) is 17.0 Å². The summed E-state index contributed by atoms with van der Waals surface area (Å²) >= 11 is 0. The van der Waals surface area contributed by atoms with E-state index >= 15 is 0 Å². The average molecular weight is 462 g/mol. The maximum absolute atomic E-state index is 5.47. The Morgan fingerprint density at radius 3 is 2.60 bits per heavy atom. The lowest BCUT2D eigenvalue weighted by Crippen LogP contribution is -2.46. The maximum Gasteiger partial charge on any atom is 0.193 e. The number of nitrogens with one attached hydrogen (secondary N) is 1. The van der Waals surface area contributed by atoms with Gasteiger partial charge in [0.2, 0.25) is 0 Å². The molecule has 2 saturated heterocycles. The second-order valence-corrected chi connectivity index (χ2v) is 6.71. The summed E-state index contributed by atoms with van der Waals surface area (Å²) in [6.45, 7) is 10.9. The number of rotatable bonds is 3. The van der Waals surface area contributed by atoms with E-state index in [1.807, 2.05) is 18.8 Å². The van der Waals surface area contributed by atoms with Gasteiger partial charge in [-0.1, -0.05) is 0 Å². The van der Waals surface area contributed by atoms with Gasteiger partial charge in [0.1, 0.15) is 0 Å². The molecule has 142 valence electrons. The van der Waals surface area contributed by atoms with Gasteiger partial charge in [0.15, 0.2) is 5.96 Å². The summed E-state index contributed by atoms with van der Waals surface area (Å²) in [6.07, 6.45) is 1.20. The van der Waals surface area contributed by atoms with E-state index in [1.54, 1.807) is 0 Å². The second kappa shape index (κ2) is 9.18. The van der Waals surface area contributed by atoms with Gasteiger partial charge in [-0.15, -0.1) is 24.0 Å². The highest BCUT2D eigenvalue weighted by Crippen LogP contribution is 2.17. The summed E-state index contributed by atoms with van der Waals surface area (Å²) in [5.41, 5.74) is 3.57. The molecule has 0 spiro atoms. The monoisotopic (exact) mass is 462 g/mol. The lowest BCUT2D eigenvalue weighted by molar-refractivity contribution is 0.0195. The highest BCUT2D eigenvalue weighted by molar-refractivity contribution is 14.0. The largest absolute Gasteiger partial charge is 0.379 e. The number of hydrogen-bond acceptors (Lipinski definition) is 4. The Morgan fingerprint density at radius 1 is 1.28 bits per heavy atom. The molecule has 3 heterocycles. The van der Waals surface area contributed by atoms with Crippen LogP contribution >= 0.6 is 24.0 Å². The van der Waals surface area contributed by atoms with E-state index in [2.05, 4.69) is 39.1 Å². The Bertz CT molecular complexity index is 596. The molecule has 2 aliphatic rings. The molecule has 1 aromatic rings. The van der Waals surface area contributed by atoms with E-state index in [4.69, 9.17) is 4.74 Å². The first-order valence-electron chi connectivity index (χ1n) is 8.86. The standard InChI is InChI=1S/C17H30N6O.HI/c1-13-16(14(2)21(4)20-13)11-19-17(18-3)23-6-5-15(12-23)22-7-9-24-10-8-22;/h15H,5-12H2,1-4H3,(H,18,19);1H. The molecule has 2 aliphatic heterocycles. The molecule has 3 rings (SSSR count). The Labute approximate surface area is 167 Å². The predicted octanol–water partition coefficient (Wildman–Crippen LogP) is 1.14. The molecule has 8 heteroatoms. The van der Waals surface area contributed by atoms with Crippen LogP contribution < -0.4 is 5.32 Å². The average Bonchev–Trinajstić information content (AvgIpc) is 3.17. The molecule has 1 unspecified atom stereocenters. The molecule has 0 aliphatic carbocycles. The topological polar surface area (TPSA) is 57.9 Å². The lowest BCUT2D eigenvalue weighted by atomic mass is 10.2. The number of aryl methyl sites for hydroxylation is 2. The lowest BCUT2D eigenvalue weighted by Gasteiger charge is -2.32. The van der Waals surface area contributed by atoms with Gasteiger partial charge in [0, 0.05) is 64.1 Å². The van der Waals surface area contributed by atoms with E-state index in [9.17, 15) is 0 Å². The van der Waals surface area contributed by atoms with Gasteiger partial charge in [0.25, 0.3) is 0 Å². The molecule has 1 N–H and O–H groups in total. The highest BCUT2D eigenvalue weighted by Gasteiger charge is 2.30. The molecule has 7 nitrogen and oxygen atoms in total. The van der Waals surface area contributed by atoms with E-state index < -0.39 is 0 Å². The second-order valence-electron chi connectivity index (χ2n) is 6.71. The number of aromatic nitrogens is 2. The van der Waals surface area contributed by atoms with E-state index in [-0.39, 0.29) is 24.0 Å². The van der Waals surface area contributed by atoms with Crippen molar-refractivity contribution in [1.82, 2.24) is 24.9 Å². The zero-order chi connectivity index (χ0) is 17.1. The number of morpholine rings is 1. The molecule has 0 radical (unpaired) electrons. The third-order valence-electron chi connectivity index (χ3n) is 5.32. The van der Waals surface area contributed by atoms with Crippen molar-refractivity contribution in [3.63, 3.8) is 0 Å². The van der Waals surface area contributed by atoms with Crippen molar-refractivity contribution in [2.75, 3.05) is 46.4 Å². The molecule has 1 atom stereocenters. The SMILES string of the molecule is CN=C(NCc1c(C)nn(C)c1C)N1CCC(N2CCOCC2)C1.I. The fourth-order valence-corrected chi connectivity index (χ4v) is 3.75. The van der Waals surface area contributed by atoms with Crippen LogP contribution in [0, 0.1) is 13.8 Å². The van der Waals surface area contributed by atoms with Crippen LogP contribution in [0.25, 0.3) is 0 Å². The van der Waals surface area contributed by atoms with Gasteiger partial charge < -0.3 is 15.0 Å². The van der Waals surface area contributed by atoms with Gasteiger partial charge in [-0.3, -0.25) is 14.6 Å². The fraction of sp³-hybridized carbons (Fsp3) is 0.765. The Kier molecular flexibility index (Phi) is 7.51. The van der Waals surface area contributed by atoms with Crippen molar-refractivity contribution < 1.29 is 4.74 Å². The number of ether oxygens (including phenoxy) is 1. The van der Waals surface area contributed by atoms with Crippen LogP contribution in [0.1, 0.15) is 23.4 Å². The predicted molar refractivity (Wildman–Crippen MR) is 111 cm³/mol. The van der Waals surface area contributed by atoms with Gasteiger partial charge >= 0.3 is 0 Å². The molecule has 0 aromatic carbocycles. The van der Waals surface area contributed by atoms with Gasteiger partial charge in [-0.25, -0.2) is 0 Å². The summed E-state index contributed by atoms with van der Waals surface area (Å²) in [6, 6.07) is 0.620. The van der Waals surface area contributed by atoms with Crippen molar-refractivity contribution >= 4 is 29.9 Å². The van der Waals surface area contributed by atoms with E-state index in [1.165, 1.54) is 17.7 Å². The molecule has 0 saturated carbocycles. The third kappa shape index (κ3) is 4.65. The Balaban J connectivity index is 0.00000225. The van der Waals surface area contributed by atoms with Crippen molar-refractivity contribution in [3.8, 4) is 0 Å². The minimum Gasteiger partial charge on any atom is -0.379 e. The molecular weight excluding hydrogens is 431 g/mol. The van der Waals surface area contributed by atoms with Gasteiger partial charge in [-0.2, -0.15) is 5.10 Å². The maximum atomic E-state index is 5.47. The summed E-state index contributed by atoms with van der Waals surface area (Å²) in [5.74, 6) is 0.994. The number of guanidine groups is 1. The molecule has 2 fully saturated rings. The van der Waals surface area contributed by atoms with Crippen molar-refractivity contribution in [2.45, 2.75) is 32.9 Å². The van der Waals surface area contributed by atoms with Crippen LogP contribution in [0.5, 0.6) is 0 Å². The smallest absolute Gasteiger partial charge is 0.193 e. The Hall–Kier alpha value is -0.870. The molecule has 25 heavy (non-hydrogen) atoms. The van der Waals surface area contributed by atoms with E-state index in [0.29, 0.717) is 6.04 Å².